The van der Waals surface area contributed by atoms with Crippen LogP contribution in [0.1, 0.15) is 36.9 Å². The maximum atomic E-state index is 12.7. The lowest BCUT2D eigenvalue weighted by Crippen LogP contribution is -2.37. The number of rotatable bonds is 5. The minimum atomic E-state index is 0.0181. The Balaban J connectivity index is 2.45. The highest BCUT2D eigenvalue weighted by atomic mass is 32.1. The molecule has 0 unspecified atom stereocenters. The molecule has 0 aliphatic heterocycles. The van der Waals surface area contributed by atoms with Gasteiger partial charge in [0.2, 0.25) is 0 Å². The number of benzene rings is 1. The number of anilines is 1. The molecule has 0 aliphatic rings. The number of nitrogens with two attached hydrogens (primary N) is 1. The Morgan fingerprint density at radius 3 is 2.71 bits per heavy atom. The summed E-state index contributed by atoms with van der Waals surface area (Å²) in [5, 5.41) is 0.921. The molecule has 5 heteroatoms. The molecule has 2 rings (SSSR count). The average Bonchev–Trinajstić information content (AvgIpc) is 2.80. The second-order valence-corrected chi connectivity index (χ2v) is 6.35. The minimum absolute atomic E-state index is 0.0181. The van der Waals surface area contributed by atoms with Gasteiger partial charge in [-0.1, -0.05) is 6.92 Å². The number of amides is 1. The molecule has 1 aromatic carbocycles. The average molecular weight is 306 g/mol. The Morgan fingerprint density at radius 1 is 1.43 bits per heavy atom. The molecular formula is C16H22N2O2S. The molecule has 0 radical (unpaired) electrons. The SMILES string of the molecule is CCCN(C(=O)c1sc2cc(OC)ccc2c1N)C(C)C. The maximum absolute atomic E-state index is 12.7. The molecule has 0 atom stereocenters. The second-order valence-electron chi connectivity index (χ2n) is 5.30. The van der Waals surface area contributed by atoms with Crippen LogP contribution in [0.2, 0.25) is 0 Å². The van der Waals surface area contributed by atoms with Crippen LogP contribution in [0.3, 0.4) is 0 Å². The smallest absolute Gasteiger partial charge is 0.266 e. The van der Waals surface area contributed by atoms with Crippen LogP contribution in [0, 0.1) is 0 Å². The van der Waals surface area contributed by atoms with Gasteiger partial charge in [-0.25, -0.2) is 0 Å². The first-order valence-electron chi connectivity index (χ1n) is 7.16. The van der Waals surface area contributed by atoms with Crippen molar-refractivity contribution in [1.29, 1.82) is 0 Å². The first-order chi connectivity index (χ1) is 9.99. The van der Waals surface area contributed by atoms with Crippen molar-refractivity contribution in [3.63, 3.8) is 0 Å². The predicted octanol–water partition coefficient (Wildman–Crippen LogP) is 3.75. The number of carbonyl (C=O) groups is 1. The largest absolute Gasteiger partial charge is 0.497 e. The number of nitrogen functional groups attached to an aromatic ring is 1. The van der Waals surface area contributed by atoms with Gasteiger partial charge in [0.1, 0.15) is 10.6 Å². The van der Waals surface area contributed by atoms with Crippen LogP contribution in [-0.2, 0) is 0 Å². The first kappa shape index (κ1) is 15.6. The zero-order chi connectivity index (χ0) is 15.6. The van der Waals surface area contributed by atoms with Gasteiger partial charge in [0, 0.05) is 22.7 Å². The first-order valence-corrected chi connectivity index (χ1v) is 7.98. The summed E-state index contributed by atoms with van der Waals surface area (Å²) in [6, 6.07) is 5.87. The van der Waals surface area contributed by atoms with Gasteiger partial charge in [0.05, 0.1) is 12.8 Å². The lowest BCUT2D eigenvalue weighted by molar-refractivity contribution is 0.0712. The Kier molecular flexibility index (Phi) is 4.73. The number of ether oxygens (including phenoxy) is 1. The van der Waals surface area contributed by atoms with Crippen LogP contribution >= 0.6 is 11.3 Å². The summed E-state index contributed by atoms with van der Waals surface area (Å²) >= 11 is 1.44. The molecule has 0 saturated heterocycles. The van der Waals surface area contributed by atoms with Crippen LogP contribution in [0.25, 0.3) is 10.1 Å². The van der Waals surface area contributed by atoms with E-state index in [9.17, 15) is 4.79 Å². The molecule has 0 fully saturated rings. The number of thiophene rings is 1. The molecule has 0 aliphatic carbocycles. The van der Waals surface area contributed by atoms with E-state index < -0.39 is 0 Å². The second kappa shape index (κ2) is 6.35. The molecule has 0 saturated carbocycles. The third-order valence-corrected chi connectivity index (χ3v) is 4.63. The van der Waals surface area contributed by atoms with E-state index in [-0.39, 0.29) is 11.9 Å². The van der Waals surface area contributed by atoms with Crippen molar-refractivity contribution in [3.05, 3.63) is 23.1 Å². The Hall–Kier alpha value is -1.75. The zero-order valence-electron chi connectivity index (χ0n) is 13.0. The van der Waals surface area contributed by atoms with Gasteiger partial charge in [-0.2, -0.15) is 0 Å². The van der Waals surface area contributed by atoms with Crippen molar-refractivity contribution in [1.82, 2.24) is 4.90 Å². The van der Waals surface area contributed by atoms with E-state index in [0.29, 0.717) is 10.6 Å². The summed E-state index contributed by atoms with van der Waals surface area (Å²) in [4.78, 5) is 15.2. The number of carbonyl (C=O) groups excluding carboxylic acids is 1. The van der Waals surface area contributed by atoms with E-state index in [4.69, 9.17) is 10.5 Å². The van der Waals surface area contributed by atoms with E-state index in [1.165, 1.54) is 11.3 Å². The molecule has 21 heavy (non-hydrogen) atoms. The van der Waals surface area contributed by atoms with Crippen LogP contribution in [0.5, 0.6) is 5.75 Å². The van der Waals surface area contributed by atoms with Crippen molar-refractivity contribution in [3.8, 4) is 5.75 Å². The van der Waals surface area contributed by atoms with Crippen LogP contribution < -0.4 is 10.5 Å². The lowest BCUT2D eigenvalue weighted by Gasteiger charge is -2.25. The van der Waals surface area contributed by atoms with Gasteiger partial charge in [-0.05, 0) is 38.5 Å². The standard InChI is InChI=1S/C16H22N2O2S/c1-5-8-18(10(2)3)16(19)15-14(17)12-7-6-11(20-4)9-13(12)21-15/h6-7,9-10H,5,8,17H2,1-4H3. The van der Waals surface area contributed by atoms with Gasteiger partial charge in [0.25, 0.3) is 5.91 Å². The van der Waals surface area contributed by atoms with Crippen LogP contribution in [-0.4, -0.2) is 30.5 Å². The molecule has 2 aromatic rings. The Labute approximate surface area is 129 Å². The molecule has 114 valence electrons. The van der Waals surface area contributed by atoms with Crippen molar-refractivity contribution >= 4 is 33.0 Å². The molecular weight excluding hydrogens is 284 g/mol. The molecule has 1 aromatic heterocycles. The van der Waals surface area contributed by atoms with Crippen molar-refractivity contribution in [2.45, 2.75) is 33.2 Å². The van der Waals surface area contributed by atoms with E-state index in [2.05, 4.69) is 6.92 Å². The molecule has 1 amide bonds. The summed E-state index contributed by atoms with van der Waals surface area (Å²) < 4.78 is 6.21. The van der Waals surface area contributed by atoms with Gasteiger partial charge in [-0.3, -0.25) is 4.79 Å². The topological polar surface area (TPSA) is 55.6 Å². The van der Waals surface area contributed by atoms with E-state index >= 15 is 0 Å². The van der Waals surface area contributed by atoms with E-state index in [1.54, 1.807) is 7.11 Å². The van der Waals surface area contributed by atoms with Gasteiger partial charge in [0.15, 0.2) is 0 Å². The number of hydrogen-bond acceptors (Lipinski definition) is 4. The highest BCUT2D eigenvalue weighted by molar-refractivity contribution is 7.21. The number of fused-ring (bicyclic) bond motifs is 1. The predicted molar refractivity (Wildman–Crippen MR) is 89.3 cm³/mol. The van der Waals surface area contributed by atoms with Crippen molar-refractivity contribution in [2.75, 3.05) is 19.4 Å². The molecule has 1 heterocycles. The monoisotopic (exact) mass is 306 g/mol. The fourth-order valence-electron chi connectivity index (χ4n) is 2.35. The van der Waals surface area contributed by atoms with Gasteiger partial charge < -0.3 is 15.4 Å². The van der Waals surface area contributed by atoms with Crippen LogP contribution in [0.15, 0.2) is 18.2 Å². The normalized spacial score (nSPS) is 11.1. The molecule has 0 spiro atoms. The fraction of sp³-hybridized carbons (Fsp3) is 0.438. The fourth-order valence-corrected chi connectivity index (χ4v) is 3.46. The van der Waals surface area contributed by atoms with Gasteiger partial charge >= 0.3 is 0 Å². The third kappa shape index (κ3) is 2.97. The minimum Gasteiger partial charge on any atom is -0.497 e. The molecule has 0 bridgehead atoms. The zero-order valence-corrected chi connectivity index (χ0v) is 13.8. The molecule has 4 nitrogen and oxygen atoms in total. The quantitative estimate of drug-likeness (QED) is 0.915. The van der Waals surface area contributed by atoms with Crippen molar-refractivity contribution in [2.24, 2.45) is 0 Å². The summed E-state index contributed by atoms with van der Waals surface area (Å²) in [7, 11) is 1.63. The van der Waals surface area contributed by atoms with Crippen LogP contribution in [0.4, 0.5) is 5.69 Å². The number of hydrogen-bond donors (Lipinski definition) is 1. The third-order valence-electron chi connectivity index (χ3n) is 3.48. The van der Waals surface area contributed by atoms with Gasteiger partial charge in [-0.15, -0.1) is 11.3 Å². The summed E-state index contributed by atoms with van der Waals surface area (Å²) in [5.74, 6) is 0.793. The lowest BCUT2D eigenvalue weighted by atomic mass is 10.2. The van der Waals surface area contributed by atoms with Crippen molar-refractivity contribution < 1.29 is 9.53 Å². The highest BCUT2D eigenvalue weighted by Gasteiger charge is 2.23. The maximum Gasteiger partial charge on any atom is 0.266 e. The summed E-state index contributed by atoms with van der Waals surface area (Å²) in [5.41, 5.74) is 6.76. The van der Waals surface area contributed by atoms with E-state index in [1.807, 2.05) is 36.9 Å². The Morgan fingerprint density at radius 2 is 2.14 bits per heavy atom. The number of methoxy groups -OCH3 is 1. The molecule has 2 N–H and O–H groups in total. The number of nitrogens with zero attached hydrogens (tertiary/aromatic N) is 1. The highest BCUT2D eigenvalue weighted by Crippen LogP contribution is 2.36. The summed E-state index contributed by atoms with van der Waals surface area (Å²) in [6.45, 7) is 6.87. The van der Waals surface area contributed by atoms with E-state index in [0.717, 1.165) is 28.8 Å². The summed E-state index contributed by atoms with van der Waals surface area (Å²) in [6.07, 6.45) is 0.933. The Bertz CT molecular complexity index is 649.